The van der Waals surface area contributed by atoms with Crippen LogP contribution in [0.3, 0.4) is 0 Å². The third-order valence-electron chi connectivity index (χ3n) is 16.2. The van der Waals surface area contributed by atoms with Crippen molar-refractivity contribution in [2.24, 2.45) is 11.8 Å². The van der Waals surface area contributed by atoms with Crippen molar-refractivity contribution in [3.8, 4) is 55.6 Å². The zero-order chi connectivity index (χ0) is 52.7. The molecule has 2 unspecified atom stereocenters. The number of hydrogen-bond acceptors (Lipinski definition) is 2. The molecule has 2 nitrogen and oxygen atoms in total. The smallest absolute Gasteiger partial charge is 0.0464 e. The van der Waals surface area contributed by atoms with E-state index in [9.17, 15) is 0 Å². The normalized spacial score (nSPS) is 14.6. The molecule has 0 amide bonds. The highest BCUT2D eigenvalue weighted by atomic mass is 15.1. The highest BCUT2D eigenvalue weighted by Gasteiger charge is 2.25. The van der Waals surface area contributed by atoms with Crippen LogP contribution in [0.15, 0.2) is 303 Å². The van der Waals surface area contributed by atoms with Crippen LogP contribution in [-0.2, 0) is 0 Å². The Labute approximate surface area is 462 Å². The molecular formula is C77H56N2. The first-order chi connectivity index (χ1) is 39.1. The van der Waals surface area contributed by atoms with Gasteiger partial charge in [-0.3, -0.25) is 0 Å². The minimum atomic E-state index is 0.294. The molecule has 2 aliphatic rings. The van der Waals surface area contributed by atoms with Gasteiger partial charge in [-0.2, -0.15) is 0 Å². The van der Waals surface area contributed by atoms with Crippen molar-refractivity contribution in [1.29, 1.82) is 0 Å². The van der Waals surface area contributed by atoms with E-state index in [2.05, 4.69) is 321 Å². The predicted molar refractivity (Wildman–Crippen MR) is 338 cm³/mol. The summed E-state index contributed by atoms with van der Waals surface area (Å²) < 4.78 is 0. The highest BCUT2D eigenvalue weighted by Crippen LogP contribution is 2.47. The van der Waals surface area contributed by atoms with Crippen LogP contribution in [0, 0.1) is 18.8 Å². The Morgan fingerprint density at radius 3 is 1.62 bits per heavy atom. The van der Waals surface area contributed by atoms with E-state index in [1.54, 1.807) is 0 Å². The molecule has 79 heavy (non-hydrogen) atoms. The summed E-state index contributed by atoms with van der Waals surface area (Å²) in [5.41, 5.74) is 21.2. The van der Waals surface area contributed by atoms with Crippen molar-refractivity contribution in [3.63, 3.8) is 0 Å². The van der Waals surface area contributed by atoms with Crippen LogP contribution in [0.5, 0.6) is 0 Å². The first-order valence-electron chi connectivity index (χ1n) is 27.5. The predicted octanol–water partition coefficient (Wildman–Crippen LogP) is 21.3. The summed E-state index contributed by atoms with van der Waals surface area (Å²) in [6.45, 7) is 2.23. The van der Waals surface area contributed by atoms with E-state index < -0.39 is 0 Å². The molecule has 0 aromatic heterocycles. The first-order valence-corrected chi connectivity index (χ1v) is 27.5. The van der Waals surface area contributed by atoms with Gasteiger partial charge in [0.2, 0.25) is 0 Å². The van der Waals surface area contributed by atoms with Crippen molar-refractivity contribution in [3.05, 3.63) is 315 Å². The Kier molecular flexibility index (Phi) is 12.3. The number of para-hydroxylation sites is 1. The lowest BCUT2D eigenvalue weighted by Crippen LogP contribution is -2.15. The van der Waals surface area contributed by atoms with Crippen LogP contribution >= 0.6 is 0 Å². The third-order valence-corrected chi connectivity index (χ3v) is 16.2. The monoisotopic (exact) mass is 1010 g/mol. The first kappa shape index (κ1) is 47.4. The van der Waals surface area contributed by atoms with Gasteiger partial charge < -0.3 is 10.2 Å². The third kappa shape index (κ3) is 8.94. The second-order valence-electron chi connectivity index (χ2n) is 20.9. The van der Waals surface area contributed by atoms with Crippen LogP contribution in [0.25, 0.3) is 93.5 Å². The Morgan fingerprint density at radius 2 is 0.886 bits per heavy atom. The van der Waals surface area contributed by atoms with E-state index in [0.29, 0.717) is 11.8 Å². The van der Waals surface area contributed by atoms with Crippen LogP contribution in [0.2, 0.25) is 0 Å². The Hall–Kier alpha value is -10.0. The summed E-state index contributed by atoms with van der Waals surface area (Å²) in [6.07, 6.45) is 15.9. The van der Waals surface area contributed by atoms with Gasteiger partial charge >= 0.3 is 0 Å². The summed E-state index contributed by atoms with van der Waals surface area (Å²) in [5, 5.41) is 11.4. The molecule has 12 aromatic rings. The number of nitrogens with zero attached hydrogens (tertiary/aromatic N) is 1. The van der Waals surface area contributed by atoms with Gasteiger partial charge in [-0.1, -0.05) is 231 Å². The fourth-order valence-electron chi connectivity index (χ4n) is 12.3. The van der Waals surface area contributed by atoms with E-state index >= 15 is 0 Å². The highest BCUT2D eigenvalue weighted by molar-refractivity contribution is 6.22. The number of allylic oxidation sites excluding steroid dienone is 8. The van der Waals surface area contributed by atoms with E-state index in [0.717, 1.165) is 34.0 Å². The molecule has 0 aliphatic heterocycles. The lowest BCUT2D eigenvalue weighted by Gasteiger charge is -2.28. The molecule has 2 atom stereocenters. The second-order valence-corrected chi connectivity index (χ2v) is 20.9. The molecule has 0 radical (unpaired) electrons. The average molecular weight is 1010 g/mol. The zero-order valence-corrected chi connectivity index (χ0v) is 44.0. The fraction of sp³-hybridized carbons (Fsp3) is 0.0390. The summed E-state index contributed by atoms with van der Waals surface area (Å²) in [6, 6.07) is 95.5. The van der Waals surface area contributed by atoms with Crippen molar-refractivity contribution in [2.75, 3.05) is 10.2 Å². The molecular weight excluding hydrogens is 953 g/mol. The topological polar surface area (TPSA) is 15.3 Å². The molecule has 0 saturated carbocycles. The lowest BCUT2D eigenvalue weighted by atomic mass is 9.76. The van der Waals surface area contributed by atoms with Crippen molar-refractivity contribution < 1.29 is 0 Å². The van der Waals surface area contributed by atoms with Crippen molar-refractivity contribution in [1.82, 2.24) is 0 Å². The Morgan fingerprint density at radius 1 is 0.342 bits per heavy atom. The van der Waals surface area contributed by atoms with Crippen LogP contribution < -0.4 is 10.2 Å². The van der Waals surface area contributed by atoms with Gasteiger partial charge in [0, 0.05) is 45.8 Å². The van der Waals surface area contributed by atoms with Gasteiger partial charge in [-0.15, -0.1) is 0 Å². The molecule has 0 bridgehead atoms. The maximum Gasteiger partial charge on any atom is 0.0464 e. The number of nitrogens with one attached hydrogen (secondary N) is 1. The number of anilines is 5. The van der Waals surface area contributed by atoms with Crippen molar-refractivity contribution in [2.45, 2.75) is 6.92 Å². The van der Waals surface area contributed by atoms with Gasteiger partial charge in [0.1, 0.15) is 0 Å². The molecule has 1 N–H and O–H groups in total. The largest absolute Gasteiger partial charge is 0.355 e. The maximum absolute atomic E-state index is 3.92. The molecule has 2 heteroatoms. The average Bonchev–Trinajstić information content (AvgIpc) is 3.58. The zero-order valence-electron chi connectivity index (χ0n) is 44.0. The van der Waals surface area contributed by atoms with Crippen LogP contribution in [-0.4, -0.2) is 0 Å². The van der Waals surface area contributed by atoms with E-state index in [4.69, 9.17) is 0 Å². The van der Waals surface area contributed by atoms with Crippen LogP contribution in [0.4, 0.5) is 28.4 Å². The number of fused-ring (bicyclic) bond motifs is 4. The van der Waals surface area contributed by atoms with Crippen molar-refractivity contribution >= 4 is 66.3 Å². The molecule has 12 aromatic carbocycles. The summed E-state index contributed by atoms with van der Waals surface area (Å²) in [4.78, 5) is 2.34. The Bertz CT molecular complexity index is 4370. The second kappa shape index (κ2) is 20.5. The molecule has 14 rings (SSSR count). The molecule has 374 valence electrons. The van der Waals surface area contributed by atoms with Gasteiger partial charge in [-0.25, -0.2) is 0 Å². The molecule has 0 saturated heterocycles. The summed E-state index contributed by atoms with van der Waals surface area (Å²) >= 11 is 0. The fourth-order valence-corrected chi connectivity index (χ4v) is 12.3. The minimum Gasteiger partial charge on any atom is -0.355 e. The lowest BCUT2D eigenvalue weighted by molar-refractivity contribution is 0.678. The minimum absolute atomic E-state index is 0.294. The number of benzene rings is 12. The molecule has 2 aliphatic carbocycles. The number of hydrogen-bond donors (Lipinski definition) is 1. The van der Waals surface area contributed by atoms with Gasteiger partial charge in [0.25, 0.3) is 0 Å². The maximum atomic E-state index is 3.92. The van der Waals surface area contributed by atoms with E-state index in [1.165, 1.54) is 99.1 Å². The standard InChI is InChI=1S/C77H56N2/c1-52-35-36-59(67-33-17-25-54-19-11-13-29-65(54)67)50-72(52)73-51-60(68-34-18-26-55-20-12-14-30-66(55)68)40-48-75(73)78-61-41-45-64(46-42-61)79(62-27-9-4-10-28-62)63-43-37-53(38-44-63)58-39-47-71-74(49-58)77(57-23-7-3-8-24-57)70-32-16-15-31-69(70)76(71)56-21-5-2-6-22-56/h2-51,55,66,78H,1H3. The summed E-state index contributed by atoms with van der Waals surface area (Å²) in [7, 11) is 0. The van der Waals surface area contributed by atoms with Gasteiger partial charge in [0.05, 0.1) is 0 Å². The number of rotatable bonds is 11. The van der Waals surface area contributed by atoms with Gasteiger partial charge in [-0.05, 0) is 179 Å². The van der Waals surface area contributed by atoms with Gasteiger partial charge in [0.15, 0.2) is 0 Å². The number of aryl methyl sites for hydroxylation is 1. The Balaban J connectivity index is 0.821. The summed E-state index contributed by atoms with van der Waals surface area (Å²) in [5.74, 6) is 0.645. The van der Waals surface area contributed by atoms with E-state index in [1.807, 2.05) is 0 Å². The van der Waals surface area contributed by atoms with E-state index in [-0.39, 0.29) is 0 Å². The SMILES string of the molecule is Cc1ccc(-c2cccc3ccccc23)cc1-c1cc(C2=CC=CC3C=CC=CC23)ccc1Nc1ccc(N(c2ccccc2)c2ccc(-c3ccc4c(-c5ccccc5)c5ccccc5c(-c5ccccc5)c4c3)cc2)cc1. The van der Waals surface area contributed by atoms with Crippen LogP contribution in [0.1, 0.15) is 11.1 Å². The molecule has 0 fully saturated rings. The molecule has 0 heterocycles. The molecule has 0 spiro atoms. The quantitative estimate of drug-likeness (QED) is 0.130.